The molecular formula is C25H28N2O6. The number of amides is 1. The van der Waals surface area contributed by atoms with Crippen molar-refractivity contribution in [3.05, 3.63) is 65.2 Å². The molecule has 1 atom stereocenters. The van der Waals surface area contributed by atoms with E-state index in [1.807, 2.05) is 18.2 Å². The van der Waals surface area contributed by atoms with Gasteiger partial charge in [-0.05, 0) is 18.2 Å². The average Bonchev–Trinajstić information content (AvgIpc) is 3.12. The largest absolute Gasteiger partial charge is 0.507 e. The highest BCUT2D eigenvalue weighted by Crippen LogP contribution is 2.43. The van der Waals surface area contributed by atoms with E-state index in [4.69, 9.17) is 14.2 Å². The Morgan fingerprint density at radius 1 is 0.970 bits per heavy atom. The lowest BCUT2D eigenvalue weighted by atomic mass is 9.94. The standard InChI is InChI=1S/C25H28N2O6/c1-31-19-9-5-3-7-17(19)22-21(23(28)18-8-4-6-10-20(18)32-2)24(29)25(30)27(22)12-11-26-13-15-33-16-14-26/h3-10,22,28H,11-16H2,1-2H3/b23-21+. The van der Waals surface area contributed by atoms with Crippen molar-refractivity contribution >= 4 is 17.4 Å². The number of hydrogen-bond donors (Lipinski definition) is 1. The molecule has 4 rings (SSSR count). The fourth-order valence-electron chi connectivity index (χ4n) is 4.39. The Kier molecular flexibility index (Phi) is 6.96. The van der Waals surface area contributed by atoms with Gasteiger partial charge in [-0.25, -0.2) is 0 Å². The van der Waals surface area contributed by atoms with Crippen LogP contribution in [0, 0.1) is 0 Å². The molecule has 1 unspecified atom stereocenters. The van der Waals surface area contributed by atoms with Crippen LogP contribution in [0.25, 0.3) is 5.76 Å². The number of para-hydroxylation sites is 2. The third-order valence-electron chi connectivity index (χ3n) is 6.10. The normalized spacial score (nSPS) is 20.8. The van der Waals surface area contributed by atoms with Gasteiger partial charge in [-0.1, -0.05) is 30.3 Å². The lowest BCUT2D eigenvalue weighted by Crippen LogP contribution is -2.42. The van der Waals surface area contributed by atoms with Gasteiger partial charge in [0.15, 0.2) is 0 Å². The number of rotatable bonds is 7. The number of nitrogens with zero attached hydrogens (tertiary/aromatic N) is 2. The fraction of sp³-hybridized carbons (Fsp3) is 0.360. The fourth-order valence-corrected chi connectivity index (χ4v) is 4.39. The smallest absolute Gasteiger partial charge is 0.295 e. The van der Waals surface area contributed by atoms with Gasteiger partial charge < -0.3 is 24.2 Å². The topological polar surface area (TPSA) is 88.5 Å². The van der Waals surface area contributed by atoms with E-state index in [9.17, 15) is 14.7 Å². The van der Waals surface area contributed by atoms with Gasteiger partial charge in [0.1, 0.15) is 17.3 Å². The van der Waals surface area contributed by atoms with Crippen molar-refractivity contribution in [2.45, 2.75) is 6.04 Å². The number of aliphatic hydroxyl groups is 1. The lowest BCUT2D eigenvalue weighted by Gasteiger charge is -2.31. The number of morpholine rings is 1. The summed E-state index contributed by atoms with van der Waals surface area (Å²) < 4.78 is 16.3. The van der Waals surface area contributed by atoms with E-state index < -0.39 is 17.7 Å². The summed E-state index contributed by atoms with van der Waals surface area (Å²) >= 11 is 0. The Labute approximate surface area is 193 Å². The third kappa shape index (κ3) is 4.44. The van der Waals surface area contributed by atoms with Gasteiger partial charge in [0, 0.05) is 31.7 Å². The van der Waals surface area contributed by atoms with Crippen LogP contribution in [0.15, 0.2) is 54.1 Å². The molecule has 0 saturated carbocycles. The number of benzene rings is 2. The van der Waals surface area contributed by atoms with E-state index in [1.165, 1.54) is 12.0 Å². The molecule has 8 heteroatoms. The van der Waals surface area contributed by atoms with E-state index in [-0.39, 0.29) is 11.3 Å². The van der Waals surface area contributed by atoms with Crippen LogP contribution in [0.3, 0.4) is 0 Å². The van der Waals surface area contributed by atoms with Crippen molar-refractivity contribution in [2.24, 2.45) is 0 Å². The molecule has 0 aromatic heterocycles. The summed E-state index contributed by atoms with van der Waals surface area (Å²) in [6.07, 6.45) is 0. The van der Waals surface area contributed by atoms with Crippen LogP contribution in [-0.4, -0.2) is 80.2 Å². The minimum absolute atomic E-state index is 0.0241. The molecule has 0 radical (unpaired) electrons. The summed E-state index contributed by atoms with van der Waals surface area (Å²) in [5.41, 5.74) is 1.01. The number of ether oxygens (including phenoxy) is 3. The first-order chi connectivity index (χ1) is 16.1. The van der Waals surface area contributed by atoms with Crippen LogP contribution in [-0.2, 0) is 14.3 Å². The van der Waals surface area contributed by atoms with Crippen LogP contribution in [0.4, 0.5) is 0 Å². The molecule has 2 aliphatic rings. The highest BCUT2D eigenvalue weighted by atomic mass is 16.5. The van der Waals surface area contributed by atoms with E-state index in [0.717, 1.165) is 13.1 Å². The maximum atomic E-state index is 13.2. The van der Waals surface area contributed by atoms with Crippen molar-refractivity contribution in [3.63, 3.8) is 0 Å². The zero-order valence-electron chi connectivity index (χ0n) is 18.8. The number of carbonyl (C=O) groups is 2. The van der Waals surface area contributed by atoms with Crippen molar-refractivity contribution in [2.75, 3.05) is 53.6 Å². The van der Waals surface area contributed by atoms with Crippen LogP contribution in [0.5, 0.6) is 11.5 Å². The van der Waals surface area contributed by atoms with Gasteiger partial charge in [0.05, 0.1) is 44.6 Å². The van der Waals surface area contributed by atoms with Crippen LogP contribution < -0.4 is 9.47 Å². The van der Waals surface area contributed by atoms with Crippen LogP contribution in [0.2, 0.25) is 0 Å². The molecular weight excluding hydrogens is 424 g/mol. The van der Waals surface area contributed by atoms with Gasteiger partial charge in [-0.3, -0.25) is 14.5 Å². The Balaban J connectivity index is 1.80. The Morgan fingerprint density at radius 3 is 2.30 bits per heavy atom. The van der Waals surface area contributed by atoms with Crippen molar-refractivity contribution < 1.29 is 28.9 Å². The summed E-state index contributed by atoms with van der Waals surface area (Å²) in [6, 6.07) is 13.3. The summed E-state index contributed by atoms with van der Waals surface area (Å²) in [5, 5.41) is 11.3. The predicted molar refractivity (Wildman–Crippen MR) is 122 cm³/mol. The molecule has 1 amide bonds. The monoisotopic (exact) mass is 452 g/mol. The molecule has 2 aliphatic heterocycles. The van der Waals surface area contributed by atoms with Gasteiger partial charge in [-0.2, -0.15) is 0 Å². The minimum atomic E-state index is -0.785. The SMILES string of the molecule is COc1ccccc1/C(O)=C1\C(=O)C(=O)N(CCN2CCOCC2)C1c1ccccc1OC. The van der Waals surface area contributed by atoms with E-state index in [0.29, 0.717) is 48.9 Å². The van der Waals surface area contributed by atoms with Gasteiger partial charge in [0.2, 0.25) is 0 Å². The number of hydrogen-bond acceptors (Lipinski definition) is 7. The maximum absolute atomic E-state index is 13.2. The zero-order chi connectivity index (χ0) is 23.4. The van der Waals surface area contributed by atoms with E-state index in [1.54, 1.807) is 37.4 Å². The van der Waals surface area contributed by atoms with Crippen LogP contribution >= 0.6 is 0 Å². The Bertz CT molecular complexity index is 1060. The number of carbonyl (C=O) groups excluding carboxylic acids is 2. The summed E-state index contributed by atoms with van der Waals surface area (Å²) in [7, 11) is 3.03. The number of aliphatic hydroxyl groups excluding tert-OH is 1. The zero-order valence-corrected chi connectivity index (χ0v) is 18.8. The van der Waals surface area contributed by atoms with Crippen molar-refractivity contribution in [1.29, 1.82) is 0 Å². The molecule has 2 aromatic carbocycles. The second-order valence-electron chi connectivity index (χ2n) is 7.89. The number of likely N-dealkylation sites (tertiary alicyclic amines) is 1. The molecule has 33 heavy (non-hydrogen) atoms. The van der Waals surface area contributed by atoms with Crippen LogP contribution in [0.1, 0.15) is 17.2 Å². The average molecular weight is 453 g/mol. The first kappa shape index (κ1) is 22.8. The highest BCUT2D eigenvalue weighted by Gasteiger charge is 2.47. The molecule has 1 N–H and O–H groups in total. The molecule has 2 aromatic rings. The van der Waals surface area contributed by atoms with E-state index in [2.05, 4.69) is 4.90 Å². The second-order valence-corrected chi connectivity index (χ2v) is 7.89. The highest BCUT2D eigenvalue weighted by molar-refractivity contribution is 6.46. The molecule has 0 spiro atoms. The summed E-state index contributed by atoms with van der Waals surface area (Å²) in [6.45, 7) is 3.74. The molecule has 2 saturated heterocycles. The molecule has 8 nitrogen and oxygen atoms in total. The second kappa shape index (κ2) is 10.1. The first-order valence-corrected chi connectivity index (χ1v) is 10.9. The van der Waals surface area contributed by atoms with Crippen molar-refractivity contribution in [3.8, 4) is 11.5 Å². The molecule has 0 bridgehead atoms. The van der Waals surface area contributed by atoms with Gasteiger partial charge in [-0.15, -0.1) is 0 Å². The quantitative estimate of drug-likeness (QED) is 0.392. The molecule has 174 valence electrons. The number of methoxy groups -OCH3 is 2. The Morgan fingerprint density at radius 2 is 1.61 bits per heavy atom. The Hall–Kier alpha value is -3.36. The lowest BCUT2D eigenvalue weighted by molar-refractivity contribution is -0.140. The first-order valence-electron chi connectivity index (χ1n) is 10.9. The molecule has 0 aliphatic carbocycles. The summed E-state index contributed by atoms with van der Waals surface area (Å²) in [4.78, 5) is 30.1. The van der Waals surface area contributed by atoms with Crippen molar-refractivity contribution in [1.82, 2.24) is 9.80 Å². The third-order valence-corrected chi connectivity index (χ3v) is 6.10. The number of ketones is 1. The minimum Gasteiger partial charge on any atom is -0.507 e. The van der Waals surface area contributed by atoms with Gasteiger partial charge in [0.25, 0.3) is 11.7 Å². The molecule has 2 fully saturated rings. The predicted octanol–water partition coefficient (Wildman–Crippen LogP) is 2.46. The number of Topliss-reactive ketones (excluding diaryl/α,β-unsaturated/α-hetero) is 1. The maximum Gasteiger partial charge on any atom is 0.295 e. The molecule has 2 heterocycles. The van der Waals surface area contributed by atoms with Gasteiger partial charge >= 0.3 is 0 Å². The summed E-state index contributed by atoms with van der Waals surface area (Å²) in [5.74, 6) is -0.692. The van der Waals surface area contributed by atoms with E-state index >= 15 is 0 Å².